The van der Waals surface area contributed by atoms with E-state index in [2.05, 4.69) is 19.9 Å². The molecule has 1 saturated carbocycles. The Morgan fingerprint density at radius 3 is 2.82 bits per heavy atom. The van der Waals surface area contributed by atoms with Crippen LogP contribution in [0.4, 0.5) is 0 Å². The first kappa shape index (κ1) is 7.08. The minimum Gasteiger partial charge on any atom is -0.299 e. The maximum atomic E-state index is 11.1. The number of rotatable bonds is 1. The first-order valence-electron chi connectivity index (χ1n) is 4.38. The SMILES string of the molecule is CCC1=C[C@@H]2C(=O)C[C@]2(C)C1. The van der Waals surface area contributed by atoms with Gasteiger partial charge in [0.05, 0.1) is 0 Å². The predicted octanol–water partition coefficient (Wildman–Crippen LogP) is 2.32. The molecule has 2 aliphatic carbocycles. The normalized spacial score (nSPS) is 41.5. The average Bonchev–Trinajstić information content (AvgIpc) is 2.22. The molecule has 1 heteroatoms. The minimum atomic E-state index is 0.289. The van der Waals surface area contributed by atoms with Crippen LogP contribution in [0.2, 0.25) is 0 Å². The van der Waals surface area contributed by atoms with E-state index in [9.17, 15) is 4.79 Å². The van der Waals surface area contributed by atoms with Crippen molar-refractivity contribution in [3.05, 3.63) is 11.6 Å². The van der Waals surface area contributed by atoms with Crippen molar-refractivity contribution in [2.45, 2.75) is 33.1 Å². The van der Waals surface area contributed by atoms with Gasteiger partial charge in [0.1, 0.15) is 5.78 Å². The molecular weight excluding hydrogens is 136 g/mol. The Labute approximate surface area is 67.5 Å². The fourth-order valence-electron chi connectivity index (χ4n) is 2.40. The second kappa shape index (κ2) is 1.96. The summed E-state index contributed by atoms with van der Waals surface area (Å²) in [4.78, 5) is 11.1. The van der Waals surface area contributed by atoms with E-state index in [1.165, 1.54) is 12.0 Å². The van der Waals surface area contributed by atoms with Gasteiger partial charge >= 0.3 is 0 Å². The molecule has 0 aliphatic heterocycles. The highest BCUT2D eigenvalue weighted by molar-refractivity contribution is 5.91. The first-order chi connectivity index (χ1) is 5.15. The molecular formula is C10H14O. The summed E-state index contributed by atoms with van der Waals surface area (Å²) in [6.45, 7) is 4.41. The van der Waals surface area contributed by atoms with Crippen LogP contribution in [0, 0.1) is 11.3 Å². The Bertz CT molecular complexity index is 239. The largest absolute Gasteiger partial charge is 0.299 e. The lowest BCUT2D eigenvalue weighted by atomic mass is 9.62. The van der Waals surface area contributed by atoms with E-state index in [1.54, 1.807) is 0 Å². The monoisotopic (exact) mass is 150 g/mol. The molecule has 0 N–H and O–H groups in total. The van der Waals surface area contributed by atoms with E-state index in [0.717, 1.165) is 12.8 Å². The second-order valence-electron chi connectivity index (χ2n) is 4.13. The van der Waals surface area contributed by atoms with Gasteiger partial charge in [-0.3, -0.25) is 4.79 Å². The quantitative estimate of drug-likeness (QED) is 0.524. The van der Waals surface area contributed by atoms with E-state index >= 15 is 0 Å². The van der Waals surface area contributed by atoms with Crippen LogP contribution in [-0.4, -0.2) is 5.78 Å². The fourth-order valence-corrected chi connectivity index (χ4v) is 2.40. The van der Waals surface area contributed by atoms with Crippen molar-refractivity contribution in [2.24, 2.45) is 11.3 Å². The smallest absolute Gasteiger partial charge is 0.140 e. The Hall–Kier alpha value is -0.590. The Morgan fingerprint density at radius 1 is 1.64 bits per heavy atom. The molecule has 2 aliphatic rings. The molecule has 0 bridgehead atoms. The molecule has 0 aromatic heterocycles. The van der Waals surface area contributed by atoms with Crippen molar-refractivity contribution in [1.29, 1.82) is 0 Å². The van der Waals surface area contributed by atoms with Crippen LogP contribution in [0.25, 0.3) is 0 Å². The molecule has 0 amide bonds. The summed E-state index contributed by atoms with van der Waals surface area (Å²) in [5.41, 5.74) is 1.82. The standard InChI is InChI=1S/C10H14O/c1-3-7-4-8-9(11)6-10(8,2)5-7/h4,8H,3,5-6H2,1-2H3/t8-,10+/m1/s1. The van der Waals surface area contributed by atoms with Gasteiger partial charge in [-0.1, -0.05) is 25.5 Å². The highest BCUT2D eigenvalue weighted by atomic mass is 16.1. The third-order valence-electron chi connectivity index (χ3n) is 3.16. The molecule has 0 aromatic carbocycles. The zero-order chi connectivity index (χ0) is 8.06. The van der Waals surface area contributed by atoms with Crippen molar-refractivity contribution >= 4 is 5.78 Å². The Morgan fingerprint density at radius 2 is 2.36 bits per heavy atom. The molecule has 0 heterocycles. The van der Waals surface area contributed by atoms with Crippen molar-refractivity contribution in [3.8, 4) is 0 Å². The summed E-state index contributed by atoms with van der Waals surface area (Å²) < 4.78 is 0. The number of hydrogen-bond acceptors (Lipinski definition) is 1. The van der Waals surface area contributed by atoms with Crippen molar-refractivity contribution in [3.63, 3.8) is 0 Å². The molecule has 0 spiro atoms. The molecule has 0 unspecified atom stereocenters. The molecule has 2 atom stereocenters. The lowest BCUT2D eigenvalue weighted by Gasteiger charge is -2.40. The summed E-state index contributed by atoms with van der Waals surface area (Å²) in [6.07, 6.45) is 5.31. The average molecular weight is 150 g/mol. The molecule has 2 rings (SSSR count). The molecule has 0 radical (unpaired) electrons. The van der Waals surface area contributed by atoms with Crippen molar-refractivity contribution in [1.82, 2.24) is 0 Å². The van der Waals surface area contributed by atoms with Gasteiger partial charge in [-0.05, 0) is 18.3 Å². The summed E-state index contributed by atoms with van der Waals surface area (Å²) in [7, 11) is 0. The van der Waals surface area contributed by atoms with Crippen LogP contribution in [0.3, 0.4) is 0 Å². The van der Waals surface area contributed by atoms with E-state index in [1.807, 2.05) is 0 Å². The van der Waals surface area contributed by atoms with Crippen LogP contribution >= 0.6 is 0 Å². The van der Waals surface area contributed by atoms with Crippen LogP contribution in [0.5, 0.6) is 0 Å². The lowest BCUT2D eigenvalue weighted by molar-refractivity contribution is -0.136. The summed E-state index contributed by atoms with van der Waals surface area (Å²) in [5, 5.41) is 0. The summed E-state index contributed by atoms with van der Waals surface area (Å²) in [5.74, 6) is 0.744. The maximum absolute atomic E-state index is 11.1. The number of hydrogen-bond donors (Lipinski definition) is 0. The molecule has 11 heavy (non-hydrogen) atoms. The molecule has 0 saturated heterocycles. The predicted molar refractivity (Wildman–Crippen MR) is 44.2 cm³/mol. The zero-order valence-corrected chi connectivity index (χ0v) is 7.18. The molecule has 1 fully saturated rings. The van der Waals surface area contributed by atoms with Crippen LogP contribution < -0.4 is 0 Å². The third-order valence-corrected chi connectivity index (χ3v) is 3.16. The van der Waals surface area contributed by atoms with E-state index in [0.29, 0.717) is 11.2 Å². The lowest BCUT2D eigenvalue weighted by Crippen LogP contribution is -2.42. The van der Waals surface area contributed by atoms with Gasteiger partial charge in [0, 0.05) is 12.3 Å². The summed E-state index contributed by atoms with van der Waals surface area (Å²) in [6, 6.07) is 0. The van der Waals surface area contributed by atoms with E-state index in [-0.39, 0.29) is 5.92 Å². The van der Waals surface area contributed by atoms with Crippen LogP contribution in [0.1, 0.15) is 33.1 Å². The number of allylic oxidation sites excluding steroid dienone is 2. The van der Waals surface area contributed by atoms with Gasteiger partial charge in [0.2, 0.25) is 0 Å². The molecule has 0 aromatic rings. The van der Waals surface area contributed by atoms with Gasteiger partial charge in [-0.15, -0.1) is 0 Å². The fraction of sp³-hybridized carbons (Fsp3) is 0.700. The van der Waals surface area contributed by atoms with Gasteiger partial charge in [0.25, 0.3) is 0 Å². The van der Waals surface area contributed by atoms with Gasteiger partial charge < -0.3 is 0 Å². The molecule has 60 valence electrons. The Balaban J connectivity index is 2.21. The van der Waals surface area contributed by atoms with Gasteiger partial charge in [-0.2, -0.15) is 0 Å². The first-order valence-corrected chi connectivity index (χ1v) is 4.38. The van der Waals surface area contributed by atoms with Gasteiger partial charge in [-0.25, -0.2) is 0 Å². The highest BCUT2D eigenvalue weighted by Gasteiger charge is 2.51. The summed E-state index contributed by atoms with van der Waals surface area (Å²) >= 11 is 0. The minimum absolute atomic E-state index is 0.289. The number of Topliss-reactive ketones (excluding diaryl/α,β-unsaturated/α-hetero) is 1. The number of fused-ring (bicyclic) bond motifs is 1. The molecule has 1 nitrogen and oxygen atoms in total. The van der Waals surface area contributed by atoms with Gasteiger partial charge in [0.15, 0.2) is 0 Å². The maximum Gasteiger partial charge on any atom is 0.140 e. The number of carbonyl (C=O) groups is 1. The zero-order valence-electron chi connectivity index (χ0n) is 7.18. The highest BCUT2D eigenvalue weighted by Crippen LogP contribution is 2.54. The number of ketones is 1. The van der Waals surface area contributed by atoms with Crippen LogP contribution in [-0.2, 0) is 4.79 Å². The second-order valence-corrected chi connectivity index (χ2v) is 4.13. The van der Waals surface area contributed by atoms with Crippen LogP contribution in [0.15, 0.2) is 11.6 Å². The number of carbonyl (C=O) groups excluding carboxylic acids is 1. The van der Waals surface area contributed by atoms with Crippen molar-refractivity contribution in [2.75, 3.05) is 0 Å². The third kappa shape index (κ3) is 0.800. The topological polar surface area (TPSA) is 17.1 Å². The van der Waals surface area contributed by atoms with E-state index < -0.39 is 0 Å². The Kier molecular flexibility index (Phi) is 1.26. The van der Waals surface area contributed by atoms with E-state index in [4.69, 9.17) is 0 Å². The van der Waals surface area contributed by atoms with Crippen molar-refractivity contribution < 1.29 is 4.79 Å².